The van der Waals surface area contributed by atoms with Crippen molar-refractivity contribution in [2.75, 3.05) is 0 Å². The van der Waals surface area contributed by atoms with E-state index in [9.17, 15) is 10.2 Å². The molecule has 0 atom stereocenters. The highest BCUT2D eigenvalue weighted by molar-refractivity contribution is 5.40. The number of aliphatic hydroxyl groups excluding tert-OH is 2. The van der Waals surface area contributed by atoms with Gasteiger partial charge >= 0.3 is 0 Å². The molecule has 0 unspecified atom stereocenters. The molecular weight excluding hydrogens is 520 g/mol. The molecule has 3 aromatic carbocycles. The first-order valence-corrected chi connectivity index (χ1v) is 14.4. The van der Waals surface area contributed by atoms with Gasteiger partial charge in [0.1, 0.15) is 36.2 Å². The number of allylic oxidation sites excluding steroid dienone is 10. The van der Waals surface area contributed by atoms with Crippen LogP contribution in [0.5, 0.6) is 11.5 Å². The molecule has 5 rings (SSSR count). The third-order valence-electron chi connectivity index (χ3n) is 7.69. The summed E-state index contributed by atoms with van der Waals surface area (Å²) in [7, 11) is 0. The Morgan fingerprint density at radius 1 is 0.524 bits per heavy atom. The van der Waals surface area contributed by atoms with Crippen LogP contribution in [0.4, 0.5) is 0 Å². The Labute approximate surface area is 249 Å². The molecule has 0 saturated heterocycles. The van der Waals surface area contributed by atoms with Gasteiger partial charge in [0.2, 0.25) is 0 Å². The highest BCUT2D eigenvalue weighted by Gasteiger charge is 2.07. The first-order valence-electron chi connectivity index (χ1n) is 14.4. The SMILES string of the molecule is CC(Cc1ccc(OCc2ccc(COc3ccc(CC(C)=C4C=CC(O)=CC4)cc3)cc2)cc1)=C1C=CC(O)=CC1. The number of aliphatic hydroxyl groups is 2. The molecule has 0 fully saturated rings. The van der Waals surface area contributed by atoms with E-state index >= 15 is 0 Å². The molecule has 2 aliphatic carbocycles. The van der Waals surface area contributed by atoms with Crippen LogP contribution < -0.4 is 9.47 Å². The van der Waals surface area contributed by atoms with Gasteiger partial charge in [-0.1, -0.05) is 71.8 Å². The Morgan fingerprint density at radius 2 is 0.881 bits per heavy atom. The zero-order chi connectivity index (χ0) is 29.3. The number of rotatable bonds is 10. The molecule has 2 aliphatic rings. The molecule has 0 spiro atoms. The maximum Gasteiger partial charge on any atom is 0.119 e. The fourth-order valence-electron chi connectivity index (χ4n) is 5.02. The Morgan fingerprint density at radius 3 is 1.21 bits per heavy atom. The van der Waals surface area contributed by atoms with E-state index < -0.39 is 0 Å². The lowest BCUT2D eigenvalue weighted by molar-refractivity contribution is 0.302. The first kappa shape index (κ1) is 28.8. The van der Waals surface area contributed by atoms with E-state index in [0.29, 0.717) is 24.7 Å². The third kappa shape index (κ3) is 8.17. The number of hydrogen-bond acceptors (Lipinski definition) is 4. The zero-order valence-electron chi connectivity index (χ0n) is 24.3. The van der Waals surface area contributed by atoms with Gasteiger partial charge in [-0.05, 0) is 122 Å². The van der Waals surface area contributed by atoms with Crippen LogP contribution in [0.15, 0.2) is 143 Å². The van der Waals surface area contributed by atoms with Crippen LogP contribution in [0.25, 0.3) is 0 Å². The summed E-state index contributed by atoms with van der Waals surface area (Å²) in [5.74, 6) is 2.38. The molecule has 0 heterocycles. The Balaban J connectivity index is 1.06. The summed E-state index contributed by atoms with van der Waals surface area (Å²) >= 11 is 0. The van der Waals surface area contributed by atoms with Gasteiger partial charge in [-0.2, -0.15) is 0 Å². The van der Waals surface area contributed by atoms with Crippen molar-refractivity contribution in [3.63, 3.8) is 0 Å². The molecule has 42 heavy (non-hydrogen) atoms. The molecule has 0 aliphatic heterocycles. The van der Waals surface area contributed by atoms with Gasteiger partial charge in [0, 0.05) is 0 Å². The van der Waals surface area contributed by atoms with Gasteiger partial charge in [-0.3, -0.25) is 0 Å². The second-order valence-electron chi connectivity index (χ2n) is 11.0. The fraction of sp³-hybridized carbons (Fsp3) is 0.211. The van der Waals surface area contributed by atoms with E-state index in [1.807, 2.05) is 48.6 Å². The van der Waals surface area contributed by atoms with E-state index in [1.54, 1.807) is 12.2 Å². The van der Waals surface area contributed by atoms with Gasteiger partial charge in [0.05, 0.1) is 0 Å². The van der Waals surface area contributed by atoms with Crippen molar-refractivity contribution in [1.29, 1.82) is 0 Å². The van der Waals surface area contributed by atoms with Gasteiger partial charge in [-0.15, -0.1) is 0 Å². The van der Waals surface area contributed by atoms with Crippen LogP contribution in [-0.2, 0) is 26.1 Å². The molecule has 4 heteroatoms. The standard InChI is InChI=1S/C38H38O4/c1-27(33-11-15-35(39)16-12-33)23-29-7-19-37(20-8-29)41-25-31-3-5-32(6-4-31)26-42-38-21-9-30(10-22-38)24-28(2)34-13-17-36(40)18-14-34/h3-11,13,15-22,39-40H,12,14,23-26H2,1-2H3. The Bertz CT molecular complexity index is 1440. The lowest BCUT2D eigenvalue weighted by Crippen LogP contribution is -1.99. The summed E-state index contributed by atoms with van der Waals surface area (Å²) in [6.07, 6.45) is 14.5. The summed E-state index contributed by atoms with van der Waals surface area (Å²) in [6.45, 7) is 5.31. The van der Waals surface area contributed by atoms with E-state index in [2.05, 4.69) is 62.4 Å². The summed E-state index contributed by atoms with van der Waals surface area (Å²) in [5.41, 5.74) is 9.82. The second-order valence-corrected chi connectivity index (χ2v) is 11.0. The maximum atomic E-state index is 9.53. The van der Waals surface area contributed by atoms with Crippen molar-refractivity contribution in [3.8, 4) is 11.5 Å². The van der Waals surface area contributed by atoms with Crippen LogP contribution in [0.1, 0.15) is 48.9 Å². The number of benzene rings is 3. The number of hydrogen-bond donors (Lipinski definition) is 2. The number of ether oxygens (including phenoxy) is 2. The monoisotopic (exact) mass is 558 g/mol. The van der Waals surface area contributed by atoms with Crippen LogP contribution in [0, 0.1) is 0 Å². The van der Waals surface area contributed by atoms with Crippen LogP contribution >= 0.6 is 0 Å². The molecule has 2 N–H and O–H groups in total. The summed E-state index contributed by atoms with van der Waals surface area (Å²) in [6, 6.07) is 24.9. The van der Waals surface area contributed by atoms with Gasteiger partial charge in [0.25, 0.3) is 0 Å². The molecule has 0 saturated carbocycles. The summed E-state index contributed by atoms with van der Waals surface area (Å²) in [4.78, 5) is 0. The van der Waals surface area contributed by atoms with Crippen LogP contribution in [0.3, 0.4) is 0 Å². The van der Waals surface area contributed by atoms with Crippen molar-refractivity contribution in [1.82, 2.24) is 0 Å². The van der Waals surface area contributed by atoms with E-state index in [1.165, 1.54) is 33.4 Å². The fourth-order valence-corrected chi connectivity index (χ4v) is 5.02. The average Bonchev–Trinajstić information content (AvgIpc) is 3.01. The quantitative estimate of drug-likeness (QED) is 0.260. The predicted octanol–water partition coefficient (Wildman–Crippen LogP) is 9.37. The molecule has 0 bridgehead atoms. The van der Waals surface area contributed by atoms with Crippen molar-refractivity contribution >= 4 is 0 Å². The van der Waals surface area contributed by atoms with Crippen molar-refractivity contribution in [2.24, 2.45) is 0 Å². The average molecular weight is 559 g/mol. The Kier molecular flexibility index (Phi) is 9.45. The van der Waals surface area contributed by atoms with E-state index in [4.69, 9.17) is 9.47 Å². The molecule has 0 aromatic heterocycles. The van der Waals surface area contributed by atoms with Crippen molar-refractivity contribution in [3.05, 3.63) is 165 Å². The largest absolute Gasteiger partial charge is 0.508 e. The summed E-state index contributed by atoms with van der Waals surface area (Å²) in [5, 5.41) is 19.1. The highest BCUT2D eigenvalue weighted by atomic mass is 16.5. The molecule has 214 valence electrons. The molecule has 4 nitrogen and oxygen atoms in total. The summed E-state index contributed by atoms with van der Waals surface area (Å²) < 4.78 is 12.0. The smallest absolute Gasteiger partial charge is 0.119 e. The normalized spacial score (nSPS) is 16.9. The highest BCUT2D eigenvalue weighted by Crippen LogP contribution is 2.24. The zero-order valence-corrected chi connectivity index (χ0v) is 24.3. The molecular formula is C38H38O4. The third-order valence-corrected chi connectivity index (χ3v) is 7.69. The molecule has 0 radical (unpaired) electrons. The van der Waals surface area contributed by atoms with Crippen LogP contribution in [-0.4, -0.2) is 10.2 Å². The van der Waals surface area contributed by atoms with Gasteiger partial charge in [0.15, 0.2) is 0 Å². The topological polar surface area (TPSA) is 58.9 Å². The lowest BCUT2D eigenvalue weighted by atomic mass is 9.96. The van der Waals surface area contributed by atoms with Gasteiger partial charge in [-0.25, -0.2) is 0 Å². The lowest BCUT2D eigenvalue weighted by Gasteiger charge is -2.12. The van der Waals surface area contributed by atoms with Gasteiger partial charge < -0.3 is 19.7 Å². The predicted molar refractivity (Wildman–Crippen MR) is 170 cm³/mol. The molecule has 0 amide bonds. The first-order chi connectivity index (χ1) is 20.4. The van der Waals surface area contributed by atoms with Crippen molar-refractivity contribution < 1.29 is 19.7 Å². The minimum absolute atomic E-state index is 0.340. The van der Waals surface area contributed by atoms with Crippen LogP contribution in [0.2, 0.25) is 0 Å². The molecule has 3 aromatic rings. The van der Waals surface area contributed by atoms with E-state index in [0.717, 1.165) is 48.3 Å². The maximum absolute atomic E-state index is 9.53. The Hall–Kier alpha value is -4.70. The minimum Gasteiger partial charge on any atom is -0.508 e. The van der Waals surface area contributed by atoms with E-state index in [-0.39, 0.29) is 0 Å². The second kappa shape index (κ2) is 13.8. The van der Waals surface area contributed by atoms with Crippen molar-refractivity contribution in [2.45, 2.75) is 52.7 Å². The minimum atomic E-state index is 0.340.